The number of ketones is 1. The highest BCUT2D eigenvalue weighted by atomic mass is 32.2. The minimum absolute atomic E-state index is 0.0369. The van der Waals surface area contributed by atoms with E-state index in [0.717, 1.165) is 22.5 Å². The molecule has 0 bridgehead atoms. The lowest BCUT2D eigenvalue weighted by molar-refractivity contribution is 0.102. The fourth-order valence-electron chi connectivity index (χ4n) is 3.51. The number of Topliss-reactive ketones (excluding diaryl/α,β-unsaturated/α-hetero) is 1. The maximum Gasteiger partial charge on any atom is 0.262 e. The molecule has 0 saturated heterocycles. The third-order valence-electron chi connectivity index (χ3n) is 5.42. The highest BCUT2D eigenvalue weighted by Crippen LogP contribution is 2.22. The van der Waals surface area contributed by atoms with Gasteiger partial charge in [-0.2, -0.15) is 0 Å². The van der Waals surface area contributed by atoms with Crippen molar-refractivity contribution in [2.75, 3.05) is 5.75 Å². The third kappa shape index (κ3) is 3.83. The second-order valence-corrected chi connectivity index (χ2v) is 8.29. The van der Waals surface area contributed by atoms with Crippen molar-refractivity contribution in [2.24, 2.45) is 7.05 Å². The number of rotatable bonds is 6. The quantitative estimate of drug-likeness (QED) is 0.265. The van der Waals surface area contributed by atoms with Crippen LogP contribution in [0.15, 0.2) is 70.6 Å². The number of benzene rings is 2. The van der Waals surface area contributed by atoms with Gasteiger partial charge in [-0.05, 0) is 37.6 Å². The summed E-state index contributed by atoms with van der Waals surface area (Å²) in [5.74, 6) is 0.263. The highest BCUT2D eigenvalue weighted by Gasteiger charge is 2.17. The Hall–Kier alpha value is -3.12. The van der Waals surface area contributed by atoms with Gasteiger partial charge in [0.25, 0.3) is 5.56 Å². The lowest BCUT2D eigenvalue weighted by atomic mass is 10.2. The molecule has 152 valence electrons. The molecule has 0 aliphatic carbocycles. The minimum atomic E-state index is -0.0915. The molecular formula is C24H23N3O2S. The fourth-order valence-corrected chi connectivity index (χ4v) is 4.39. The summed E-state index contributed by atoms with van der Waals surface area (Å²) in [6.07, 6.45) is 0. The minimum Gasteiger partial charge on any atom is -0.351 e. The first kappa shape index (κ1) is 20.2. The van der Waals surface area contributed by atoms with Crippen LogP contribution in [0.1, 0.15) is 27.3 Å². The van der Waals surface area contributed by atoms with Gasteiger partial charge >= 0.3 is 0 Å². The smallest absolute Gasteiger partial charge is 0.262 e. The summed E-state index contributed by atoms with van der Waals surface area (Å²) in [5.41, 5.74) is 4.29. The van der Waals surface area contributed by atoms with E-state index in [9.17, 15) is 9.59 Å². The van der Waals surface area contributed by atoms with Crippen molar-refractivity contribution in [1.82, 2.24) is 14.1 Å². The van der Waals surface area contributed by atoms with Gasteiger partial charge in [-0.3, -0.25) is 14.2 Å². The van der Waals surface area contributed by atoms with E-state index < -0.39 is 0 Å². The molecule has 0 unspecified atom stereocenters. The predicted octanol–water partition coefficient (Wildman–Crippen LogP) is 4.38. The largest absolute Gasteiger partial charge is 0.351 e. The molecule has 4 rings (SSSR count). The Morgan fingerprint density at radius 2 is 1.73 bits per heavy atom. The Balaban J connectivity index is 1.70. The number of hydrogen-bond donors (Lipinski definition) is 0. The van der Waals surface area contributed by atoms with E-state index in [-0.39, 0.29) is 17.1 Å². The zero-order chi connectivity index (χ0) is 21.3. The van der Waals surface area contributed by atoms with Crippen molar-refractivity contribution in [1.29, 1.82) is 0 Å². The molecule has 2 aromatic heterocycles. The van der Waals surface area contributed by atoms with Crippen LogP contribution in [0.5, 0.6) is 0 Å². The van der Waals surface area contributed by atoms with Crippen LogP contribution in [0.25, 0.3) is 10.9 Å². The average molecular weight is 418 g/mol. The number of aryl methyl sites for hydroxylation is 1. The van der Waals surface area contributed by atoms with Gasteiger partial charge in [0, 0.05) is 24.0 Å². The summed E-state index contributed by atoms with van der Waals surface area (Å²) in [6, 6.07) is 19.1. The molecule has 0 atom stereocenters. The molecule has 2 heterocycles. The lowest BCUT2D eigenvalue weighted by Gasteiger charge is -2.13. The topological polar surface area (TPSA) is 56.9 Å². The van der Waals surface area contributed by atoms with Crippen molar-refractivity contribution in [3.8, 4) is 0 Å². The highest BCUT2D eigenvalue weighted by molar-refractivity contribution is 7.99. The third-order valence-corrected chi connectivity index (χ3v) is 6.39. The van der Waals surface area contributed by atoms with Crippen LogP contribution >= 0.6 is 11.8 Å². The molecule has 0 N–H and O–H groups in total. The van der Waals surface area contributed by atoms with Crippen molar-refractivity contribution in [3.63, 3.8) is 0 Å². The SMILES string of the molecule is Cc1cc(C(=O)CSc2nc3ccccc3c(=O)n2Cc2ccccc2)c(C)n1C. The number of fused-ring (bicyclic) bond motifs is 1. The van der Waals surface area contributed by atoms with Crippen molar-refractivity contribution < 1.29 is 4.79 Å². The van der Waals surface area contributed by atoms with E-state index in [1.807, 2.05) is 80.1 Å². The normalized spacial score (nSPS) is 11.2. The average Bonchev–Trinajstić information content (AvgIpc) is 3.02. The summed E-state index contributed by atoms with van der Waals surface area (Å²) in [4.78, 5) is 30.8. The monoisotopic (exact) mass is 417 g/mol. The zero-order valence-electron chi connectivity index (χ0n) is 17.3. The molecule has 6 heteroatoms. The van der Waals surface area contributed by atoms with Crippen LogP contribution < -0.4 is 5.56 Å². The van der Waals surface area contributed by atoms with Gasteiger partial charge in [0.15, 0.2) is 10.9 Å². The van der Waals surface area contributed by atoms with Crippen LogP contribution in [-0.2, 0) is 13.6 Å². The number of carbonyl (C=O) groups excluding carboxylic acids is 1. The lowest BCUT2D eigenvalue weighted by Crippen LogP contribution is -2.24. The molecule has 0 radical (unpaired) electrons. The molecule has 0 fully saturated rings. The van der Waals surface area contributed by atoms with E-state index in [4.69, 9.17) is 4.98 Å². The van der Waals surface area contributed by atoms with E-state index in [1.54, 1.807) is 10.6 Å². The Kier molecular flexibility index (Phi) is 5.59. The predicted molar refractivity (Wildman–Crippen MR) is 121 cm³/mol. The summed E-state index contributed by atoms with van der Waals surface area (Å²) in [6.45, 7) is 4.35. The summed E-state index contributed by atoms with van der Waals surface area (Å²) in [5, 5.41) is 1.14. The van der Waals surface area contributed by atoms with E-state index in [1.165, 1.54) is 11.8 Å². The van der Waals surface area contributed by atoms with Crippen molar-refractivity contribution in [3.05, 3.63) is 93.5 Å². The molecule has 0 saturated carbocycles. The van der Waals surface area contributed by atoms with Gasteiger partial charge in [-0.15, -0.1) is 0 Å². The van der Waals surface area contributed by atoms with Crippen LogP contribution in [0.2, 0.25) is 0 Å². The number of nitrogens with zero attached hydrogens (tertiary/aromatic N) is 3. The summed E-state index contributed by atoms with van der Waals surface area (Å²) < 4.78 is 3.68. The molecule has 2 aromatic carbocycles. The number of para-hydroxylation sites is 1. The Bertz CT molecular complexity index is 1290. The molecule has 30 heavy (non-hydrogen) atoms. The van der Waals surface area contributed by atoms with Crippen molar-refractivity contribution in [2.45, 2.75) is 25.5 Å². The summed E-state index contributed by atoms with van der Waals surface area (Å²) in [7, 11) is 1.96. The molecule has 4 aromatic rings. The van der Waals surface area contributed by atoms with E-state index in [2.05, 4.69) is 0 Å². The number of carbonyl (C=O) groups is 1. The van der Waals surface area contributed by atoms with Crippen LogP contribution in [0.3, 0.4) is 0 Å². The van der Waals surface area contributed by atoms with Crippen LogP contribution in [0.4, 0.5) is 0 Å². The number of aromatic nitrogens is 3. The molecule has 5 nitrogen and oxygen atoms in total. The molecule has 0 aliphatic heterocycles. The molecule has 0 aliphatic rings. The van der Waals surface area contributed by atoms with Crippen molar-refractivity contribution >= 4 is 28.4 Å². The van der Waals surface area contributed by atoms with Gasteiger partial charge in [-0.25, -0.2) is 4.98 Å². The fraction of sp³-hybridized carbons (Fsp3) is 0.208. The van der Waals surface area contributed by atoms with Crippen LogP contribution in [0, 0.1) is 13.8 Å². The summed E-state index contributed by atoms with van der Waals surface area (Å²) >= 11 is 1.32. The van der Waals surface area contributed by atoms with Gasteiger partial charge < -0.3 is 4.57 Å². The van der Waals surface area contributed by atoms with Gasteiger partial charge in [-0.1, -0.05) is 54.2 Å². The molecular weight excluding hydrogens is 394 g/mol. The Labute approximate surface area is 179 Å². The van der Waals surface area contributed by atoms with E-state index >= 15 is 0 Å². The molecule has 0 spiro atoms. The first-order valence-corrected chi connectivity index (χ1v) is 10.8. The Morgan fingerprint density at radius 3 is 2.43 bits per heavy atom. The standard InChI is InChI=1S/C24H23N3O2S/c1-16-13-20(17(2)26(16)3)22(28)15-30-24-25-21-12-8-7-11-19(21)23(29)27(24)14-18-9-5-4-6-10-18/h4-13H,14-15H2,1-3H3. The maximum absolute atomic E-state index is 13.2. The Morgan fingerprint density at radius 1 is 1.03 bits per heavy atom. The first-order valence-electron chi connectivity index (χ1n) is 9.78. The maximum atomic E-state index is 13.2. The number of hydrogen-bond acceptors (Lipinski definition) is 4. The van der Waals surface area contributed by atoms with Gasteiger partial charge in [0.2, 0.25) is 0 Å². The zero-order valence-corrected chi connectivity index (χ0v) is 18.1. The second-order valence-electron chi connectivity index (χ2n) is 7.34. The first-order chi connectivity index (χ1) is 14.5. The molecule has 0 amide bonds. The van der Waals surface area contributed by atoms with Gasteiger partial charge in [0.05, 0.1) is 23.2 Å². The van der Waals surface area contributed by atoms with Gasteiger partial charge in [0.1, 0.15) is 0 Å². The second kappa shape index (κ2) is 8.32. The van der Waals surface area contributed by atoms with E-state index in [0.29, 0.717) is 22.6 Å². The van der Waals surface area contributed by atoms with Crippen LogP contribution in [-0.4, -0.2) is 25.7 Å². The number of thioether (sulfide) groups is 1.